The number of aryl methyl sites for hydroxylation is 1. The van der Waals surface area contributed by atoms with Crippen LogP contribution in [0.1, 0.15) is 28.7 Å². The van der Waals surface area contributed by atoms with Gasteiger partial charge < -0.3 is 10.1 Å². The highest BCUT2D eigenvalue weighted by atomic mass is 19.4. The van der Waals surface area contributed by atoms with Crippen molar-refractivity contribution in [3.8, 4) is 11.4 Å². The second-order valence-electron chi connectivity index (χ2n) is 4.11. The lowest BCUT2D eigenvalue weighted by atomic mass is 10.1. The molecule has 106 valence electrons. The Kier molecular flexibility index (Phi) is 3.52. The van der Waals surface area contributed by atoms with Gasteiger partial charge in [-0.15, -0.1) is 0 Å². The summed E-state index contributed by atoms with van der Waals surface area (Å²) < 4.78 is 38.8. The maximum absolute atomic E-state index is 12.9. The molecule has 0 bridgehead atoms. The molecule has 0 aliphatic heterocycles. The van der Waals surface area contributed by atoms with E-state index in [0.717, 1.165) is 6.07 Å². The average Bonchev–Trinajstić information content (AvgIpc) is 2.82. The van der Waals surface area contributed by atoms with E-state index in [-0.39, 0.29) is 17.1 Å². The molecule has 7 heteroatoms. The van der Waals surface area contributed by atoms with Crippen LogP contribution in [0.4, 0.5) is 13.2 Å². The van der Waals surface area contributed by atoms with Crippen LogP contribution in [0.2, 0.25) is 0 Å². The molecular formula is C13H11F3N2O2. The number of benzene rings is 1. The van der Waals surface area contributed by atoms with Crippen LogP contribution in [0.5, 0.6) is 0 Å². The van der Waals surface area contributed by atoms with Gasteiger partial charge >= 0.3 is 12.1 Å². The molecule has 0 unspecified atom stereocenters. The summed E-state index contributed by atoms with van der Waals surface area (Å²) >= 11 is 0. The molecule has 4 nitrogen and oxygen atoms in total. The van der Waals surface area contributed by atoms with E-state index in [4.69, 9.17) is 5.11 Å². The maximum Gasteiger partial charge on any atom is 0.417 e. The number of alkyl halides is 3. The summed E-state index contributed by atoms with van der Waals surface area (Å²) in [6.07, 6.45) is -4.19. The molecule has 2 aromatic rings. The number of rotatable bonds is 3. The van der Waals surface area contributed by atoms with Gasteiger partial charge in [-0.2, -0.15) is 13.2 Å². The SMILES string of the molecule is CCc1[nH]c(-c2ccccc2C(F)(F)F)nc1C(=O)O. The van der Waals surface area contributed by atoms with E-state index in [1.807, 2.05) is 0 Å². The van der Waals surface area contributed by atoms with Crippen molar-refractivity contribution in [2.45, 2.75) is 19.5 Å². The molecule has 0 spiro atoms. The monoisotopic (exact) mass is 284 g/mol. The zero-order valence-electron chi connectivity index (χ0n) is 10.5. The Labute approximate surface area is 112 Å². The number of carboxylic acid groups (broad SMARTS) is 1. The van der Waals surface area contributed by atoms with Crippen molar-refractivity contribution >= 4 is 5.97 Å². The van der Waals surface area contributed by atoms with Crippen LogP contribution in [0.25, 0.3) is 11.4 Å². The Hall–Kier alpha value is -2.31. The van der Waals surface area contributed by atoms with Crippen molar-refractivity contribution in [2.24, 2.45) is 0 Å². The van der Waals surface area contributed by atoms with Crippen LogP contribution in [0.3, 0.4) is 0 Å². The second kappa shape index (κ2) is 4.99. The van der Waals surface area contributed by atoms with Gasteiger partial charge in [0.15, 0.2) is 5.69 Å². The number of aromatic amines is 1. The molecule has 0 radical (unpaired) electrons. The van der Waals surface area contributed by atoms with E-state index in [9.17, 15) is 18.0 Å². The highest BCUT2D eigenvalue weighted by Crippen LogP contribution is 2.36. The maximum atomic E-state index is 12.9. The molecule has 0 aliphatic rings. The highest BCUT2D eigenvalue weighted by Gasteiger charge is 2.34. The van der Waals surface area contributed by atoms with Crippen molar-refractivity contribution < 1.29 is 23.1 Å². The Balaban J connectivity index is 2.61. The molecule has 2 rings (SSSR count). The Morgan fingerprint density at radius 3 is 2.50 bits per heavy atom. The van der Waals surface area contributed by atoms with Gasteiger partial charge in [0.2, 0.25) is 0 Å². The molecule has 20 heavy (non-hydrogen) atoms. The van der Waals surface area contributed by atoms with Gasteiger partial charge in [0.25, 0.3) is 0 Å². The third-order valence-electron chi connectivity index (χ3n) is 2.82. The molecule has 0 fully saturated rings. The molecule has 0 amide bonds. The Bertz CT molecular complexity index is 647. The smallest absolute Gasteiger partial charge is 0.417 e. The van der Waals surface area contributed by atoms with Crippen LogP contribution < -0.4 is 0 Å². The number of nitrogens with zero attached hydrogens (tertiary/aromatic N) is 1. The van der Waals surface area contributed by atoms with Crippen LogP contribution in [0, 0.1) is 0 Å². The van der Waals surface area contributed by atoms with Crippen LogP contribution in [-0.4, -0.2) is 21.0 Å². The minimum atomic E-state index is -4.53. The summed E-state index contributed by atoms with van der Waals surface area (Å²) in [6.45, 7) is 1.69. The number of carboxylic acids is 1. The minimum absolute atomic E-state index is 0.0906. The number of hydrogen-bond donors (Lipinski definition) is 2. The molecule has 1 aromatic carbocycles. The van der Waals surface area contributed by atoms with Crippen LogP contribution in [0.15, 0.2) is 24.3 Å². The van der Waals surface area contributed by atoms with Crippen molar-refractivity contribution in [1.29, 1.82) is 0 Å². The van der Waals surface area contributed by atoms with E-state index in [0.29, 0.717) is 12.1 Å². The average molecular weight is 284 g/mol. The molecule has 0 aliphatic carbocycles. The van der Waals surface area contributed by atoms with E-state index in [2.05, 4.69) is 9.97 Å². The molecule has 1 aromatic heterocycles. The largest absolute Gasteiger partial charge is 0.476 e. The second-order valence-corrected chi connectivity index (χ2v) is 4.11. The Morgan fingerprint density at radius 1 is 1.35 bits per heavy atom. The molecule has 0 saturated carbocycles. The lowest BCUT2D eigenvalue weighted by molar-refractivity contribution is -0.137. The van der Waals surface area contributed by atoms with Crippen molar-refractivity contribution in [3.05, 3.63) is 41.2 Å². The van der Waals surface area contributed by atoms with Gasteiger partial charge in [-0.1, -0.05) is 25.1 Å². The zero-order valence-corrected chi connectivity index (χ0v) is 10.5. The van der Waals surface area contributed by atoms with E-state index in [1.54, 1.807) is 6.92 Å². The lowest BCUT2D eigenvalue weighted by Gasteiger charge is -2.10. The van der Waals surface area contributed by atoms with E-state index in [1.165, 1.54) is 18.2 Å². The van der Waals surface area contributed by atoms with Gasteiger partial charge in [-0.25, -0.2) is 9.78 Å². The number of aromatic carboxylic acids is 1. The van der Waals surface area contributed by atoms with Crippen LogP contribution in [-0.2, 0) is 12.6 Å². The van der Waals surface area contributed by atoms with Crippen LogP contribution >= 0.6 is 0 Å². The van der Waals surface area contributed by atoms with Crippen molar-refractivity contribution in [2.75, 3.05) is 0 Å². The molecule has 0 atom stereocenters. The third-order valence-corrected chi connectivity index (χ3v) is 2.82. The van der Waals surface area contributed by atoms with Crippen molar-refractivity contribution in [3.63, 3.8) is 0 Å². The number of H-pyrrole nitrogens is 1. The fraction of sp³-hybridized carbons (Fsp3) is 0.231. The molecular weight excluding hydrogens is 273 g/mol. The summed E-state index contributed by atoms with van der Waals surface area (Å²) in [5.74, 6) is -1.36. The predicted octanol–water partition coefficient (Wildman–Crippen LogP) is 3.36. The van der Waals surface area contributed by atoms with Gasteiger partial charge in [0.1, 0.15) is 5.82 Å². The normalized spacial score (nSPS) is 11.6. The van der Waals surface area contributed by atoms with Gasteiger partial charge in [0, 0.05) is 11.3 Å². The van der Waals surface area contributed by atoms with E-state index >= 15 is 0 Å². The highest BCUT2D eigenvalue weighted by molar-refractivity contribution is 5.87. The van der Waals surface area contributed by atoms with Gasteiger partial charge in [-0.05, 0) is 12.5 Å². The number of carbonyl (C=O) groups is 1. The summed E-state index contributed by atoms with van der Waals surface area (Å²) in [4.78, 5) is 17.4. The number of nitrogens with one attached hydrogen (secondary N) is 1. The van der Waals surface area contributed by atoms with Gasteiger partial charge in [-0.3, -0.25) is 0 Å². The lowest BCUT2D eigenvalue weighted by Crippen LogP contribution is -2.07. The summed E-state index contributed by atoms with van der Waals surface area (Å²) in [5.41, 5.74) is -0.973. The number of imidazole rings is 1. The summed E-state index contributed by atoms with van der Waals surface area (Å²) in [5, 5.41) is 8.98. The quantitative estimate of drug-likeness (QED) is 0.908. The molecule has 0 saturated heterocycles. The minimum Gasteiger partial charge on any atom is -0.476 e. The first-order chi connectivity index (χ1) is 9.34. The zero-order chi connectivity index (χ0) is 14.9. The van der Waals surface area contributed by atoms with Crippen molar-refractivity contribution in [1.82, 2.24) is 9.97 Å². The molecule has 2 N–H and O–H groups in total. The first-order valence-corrected chi connectivity index (χ1v) is 5.83. The first kappa shape index (κ1) is 14.1. The summed E-state index contributed by atoms with van der Waals surface area (Å²) in [7, 11) is 0. The predicted molar refractivity (Wildman–Crippen MR) is 65.4 cm³/mol. The Morgan fingerprint density at radius 2 is 2.00 bits per heavy atom. The number of hydrogen-bond acceptors (Lipinski definition) is 2. The first-order valence-electron chi connectivity index (χ1n) is 5.83. The fourth-order valence-corrected chi connectivity index (χ4v) is 1.91. The third kappa shape index (κ3) is 2.52. The fourth-order valence-electron chi connectivity index (χ4n) is 1.91. The number of halogens is 3. The molecule has 1 heterocycles. The van der Waals surface area contributed by atoms with Gasteiger partial charge in [0.05, 0.1) is 5.56 Å². The number of aromatic nitrogens is 2. The summed E-state index contributed by atoms with van der Waals surface area (Å²) in [6, 6.07) is 4.91. The van der Waals surface area contributed by atoms with E-state index < -0.39 is 17.7 Å². The topological polar surface area (TPSA) is 66.0 Å². The standard InChI is InChI=1S/C13H11F3N2O2/c1-2-9-10(12(19)20)18-11(17-9)7-5-3-4-6-8(7)13(14,15)16/h3-6H,2H2,1H3,(H,17,18)(H,19,20).